The molecule has 1 fully saturated rings. The van der Waals surface area contributed by atoms with E-state index in [1.807, 2.05) is 29.2 Å². The smallest absolute Gasteiger partial charge is 0.320 e. The van der Waals surface area contributed by atoms with Crippen molar-refractivity contribution in [2.45, 2.75) is 31.8 Å². The van der Waals surface area contributed by atoms with E-state index in [2.05, 4.69) is 0 Å². The summed E-state index contributed by atoms with van der Waals surface area (Å²) >= 11 is 5.83. The van der Waals surface area contributed by atoms with Crippen molar-refractivity contribution < 1.29 is 9.90 Å². The number of hydrogen-bond acceptors (Lipinski definition) is 2. The number of carboxylic acid groups (broad SMARTS) is 1. The molecule has 0 spiro atoms. The van der Waals surface area contributed by atoms with Gasteiger partial charge in [-0.2, -0.15) is 0 Å². The second-order valence-electron chi connectivity index (χ2n) is 4.45. The Morgan fingerprint density at radius 3 is 2.61 bits per heavy atom. The number of hydrogen-bond donors (Lipinski definition) is 1. The minimum Gasteiger partial charge on any atom is -0.480 e. The molecule has 100 valence electrons. The summed E-state index contributed by atoms with van der Waals surface area (Å²) in [5.41, 5.74) is 1.11. The van der Waals surface area contributed by atoms with Crippen LogP contribution in [0.15, 0.2) is 24.3 Å². The normalized spacial score (nSPS) is 20.2. The summed E-state index contributed by atoms with van der Waals surface area (Å²) in [7, 11) is 0. The van der Waals surface area contributed by atoms with Crippen molar-refractivity contribution in [1.82, 2.24) is 4.90 Å². The molecule has 0 bridgehead atoms. The molecule has 1 N–H and O–H groups in total. The van der Waals surface area contributed by atoms with Gasteiger partial charge in [0.1, 0.15) is 6.04 Å². The van der Waals surface area contributed by atoms with Gasteiger partial charge in [-0.25, -0.2) is 0 Å². The molecular formula is C13H17Cl2NO2. The van der Waals surface area contributed by atoms with E-state index in [4.69, 9.17) is 16.7 Å². The van der Waals surface area contributed by atoms with Crippen LogP contribution in [0.2, 0.25) is 5.02 Å². The summed E-state index contributed by atoms with van der Waals surface area (Å²) in [6.07, 6.45) is 2.84. The van der Waals surface area contributed by atoms with Crippen molar-refractivity contribution in [3.8, 4) is 0 Å². The molecule has 1 aliphatic rings. The first-order valence-corrected chi connectivity index (χ1v) is 6.26. The van der Waals surface area contributed by atoms with Gasteiger partial charge in [0.2, 0.25) is 0 Å². The zero-order chi connectivity index (χ0) is 12.3. The highest BCUT2D eigenvalue weighted by Gasteiger charge is 2.27. The molecule has 1 unspecified atom stereocenters. The quantitative estimate of drug-likeness (QED) is 0.929. The zero-order valence-electron chi connectivity index (χ0n) is 10.0. The Balaban J connectivity index is 0.00000162. The van der Waals surface area contributed by atoms with E-state index in [1.165, 1.54) is 0 Å². The number of carbonyl (C=O) groups is 1. The average molecular weight is 290 g/mol. The minimum atomic E-state index is -0.710. The molecule has 1 aliphatic heterocycles. The Labute approximate surface area is 118 Å². The molecule has 0 radical (unpaired) electrons. The van der Waals surface area contributed by atoms with E-state index >= 15 is 0 Å². The molecule has 18 heavy (non-hydrogen) atoms. The highest BCUT2D eigenvalue weighted by atomic mass is 35.5. The van der Waals surface area contributed by atoms with Gasteiger partial charge in [-0.1, -0.05) is 30.2 Å². The van der Waals surface area contributed by atoms with Crippen LogP contribution in [-0.4, -0.2) is 28.6 Å². The number of halogens is 2. The van der Waals surface area contributed by atoms with E-state index in [0.29, 0.717) is 11.6 Å². The van der Waals surface area contributed by atoms with E-state index in [-0.39, 0.29) is 18.4 Å². The monoisotopic (exact) mass is 289 g/mol. The number of nitrogens with zero attached hydrogens (tertiary/aromatic N) is 1. The number of likely N-dealkylation sites (tertiary alicyclic amines) is 1. The van der Waals surface area contributed by atoms with Gasteiger partial charge < -0.3 is 5.11 Å². The van der Waals surface area contributed by atoms with Crippen molar-refractivity contribution in [2.24, 2.45) is 0 Å². The molecule has 0 aliphatic carbocycles. The Morgan fingerprint density at radius 2 is 2.00 bits per heavy atom. The largest absolute Gasteiger partial charge is 0.480 e. The maximum atomic E-state index is 11.1. The lowest BCUT2D eigenvalue weighted by Crippen LogP contribution is -2.43. The van der Waals surface area contributed by atoms with Crippen LogP contribution in [0.25, 0.3) is 0 Å². The molecule has 1 saturated heterocycles. The fourth-order valence-electron chi connectivity index (χ4n) is 2.28. The van der Waals surface area contributed by atoms with Crippen LogP contribution in [0.4, 0.5) is 0 Å². The Kier molecular flexibility index (Phi) is 5.93. The number of rotatable bonds is 3. The second-order valence-corrected chi connectivity index (χ2v) is 4.88. The highest BCUT2D eigenvalue weighted by Crippen LogP contribution is 2.20. The molecule has 0 aromatic heterocycles. The summed E-state index contributed by atoms with van der Waals surface area (Å²) < 4.78 is 0. The lowest BCUT2D eigenvalue weighted by atomic mass is 10.0. The van der Waals surface area contributed by atoms with Gasteiger partial charge in [0.05, 0.1) is 0 Å². The Hall–Kier alpha value is -0.770. The number of benzene rings is 1. The van der Waals surface area contributed by atoms with Crippen LogP contribution in [0.3, 0.4) is 0 Å². The van der Waals surface area contributed by atoms with E-state index in [9.17, 15) is 4.79 Å². The fraction of sp³-hybridized carbons (Fsp3) is 0.462. The van der Waals surface area contributed by atoms with Gasteiger partial charge in [-0.3, -0.25) is 9.69 Å². The minimum absolute atomic E-state index is 0. The van der Waals surface area contributed by atoms with Crippen molar-refractivity contribution in [2.75, 3.05) is 6.54 Å². The van der Waals surface area contributed by atoms with Gasteiger partial charge >= 0.3 is 5.97 Å². The number of aliphatic carboxylic acids is 1. The lowest BCUT2D eigenvalue weighted by molar-refractivity contribution is -0.144. The molecule has 3 nitrogen and oxygen atoms in total. The molecular weight excluding hydrogens is 273 g/mol. The number of piperidine rings is 1. The molecule has 0 saturated carbocycles. The zero-order valence-corrected chi connectivity index (χ0v) is 11.6. The van der Waals surface area contributed by atoms with Crippen molar-refractivity contribution in [1.29, 1.82) is 0 Å². The molecule has 1 aromatic rings. The third-order valence-electron chi connectivity index (χ3n) is 3.20. The van der Waals surface area contributed by atoms with Gasteiger partial charge in [0, 0.05) is 11.6 Å². The predicted octanol–water partition coefficient (Wildman–Crippen LogP) is 3.20. The van der Waals surface area contributed by atoms with Crippen LogP contribution >= 0.6 is 24.0 Å². The predicted molar refractivity (Wildman–Crippen MR) is 74.4 cm³/mol. The highest BCUT2D eigenvalue weighted by molar-refractivity contribution is 6.30. The molecule has 1 aromatic carbocycles. The molecule has 0 amide bonds. The van der Waals surface area contributed by atoms with Crippen LogP contribution < -0.4 is 0 Å². The van der Waals surface area contributed by atoms with Gasteiger partial charge in [-0.15, -0.1) is 12.4 Å². The van der Waals surface area contributed by atoms with Gasteiger partial charge in [0.15, 0.2) is 0 Å². The summed E-state index contributed by atoms with van der Waals surface area (Å²) in [4.78, 5) is 13.2. The maximum Gasteiger partial charge on any atom is 0.320 e. The third-order valence-corrected chi connectivity index (χ3v) is 3.45. The van der Waals surface area contributed by atoms with Crippen LogP contribution in [0, 0.1) is 0 Å². The van der Waals surface area contributed by atoms with Gasteiger partial charge in [-0.05, 0) is 37.1 Å². The first kappa shape index (κ1) is 15.3. The van der Waals surface area contributed by atoms with Crippen molar-refractivity contribution >= 4 is 30.0 Å². The van der Waals surface area contributed by atoms with Crippen LogP contribution in [-0.2, 0) is 11.3 Å². The summed E-state index contributed by atoms with van der Waals surface area (Å²) in [5.74, 6) is -0.710. The van der Waals surface area contributed by atoms with Crippen molar-refractivity contribution in [3.05, 3.63) is 34.9 Å². The summed E-state index contributed by atoms with van der Waals surface area (Å²) in [6.45, 7) is 1.55. The van der Waals surface area contributed by atoms with E-state index in [0.717, 1.165) is 31.4 Å². The van der Waals surface area contributed by atoms with E-state index in [1.54, 1.807) is 0 Å². The summed E-state index contributed by atoms with van der Waals surface area (Å²) in [5, 5.41) is 9.88. The first-order valence-electron chi connectivity index (χ1n) is 5.88. The molecule has 5 heteroatoms. The van der Waals surface area contributed by atoms with Crippen LogP contribution in [0.5, 0.6) is 0 Å². The van der Waals surface area contributed by atoms with Crippen molar-refractivity contribution in [3.63, 3.8) is 0 Å². The molecule has 1 atom stereocenters. The topological polar surface area (TPSA) is 40.5 Å². The molecule has 1 heterocycles. The van der Waals surface area contributed by atoms with Crippen LogP contribution in [0.1, 0.15) is 24.8 Å². The second kappa shape index (κ2) is 6.98. The average Bonchev–Trinajstić information content (AvgIpc) is 2.32. The Bertz CT molecular complexity index is 394. The first-order chi connectivity index (χ1) is 8.16. The number of carboxylic acids is 1. The fourth-order valence-corrected chi connectivity index (χ4v) is 2.41. The lowest BCUT2D eigenvalue weighted by Gasteiger charge is -2.32. The maximum absolute atomic E-state index is 11.1. The summed E-state index contributed by atoms with van der Waals surface area (Å²) in [6, 6.07) is 7.26. The Morgan fingerprint density at radius 1 is 1.33 bits per heavy atom. The SMILES string of the molecule is Cl.O=C(O)C1CCCCN1Cc1ccc(Cl)cc1. The standard InChI is InChI=1S/C13H16ClNO2.ClH/c14-11-6-4-10(5-7-11)9-15-8-2-1-3-12(15)13(16)17;/h4-7,12H,1-3,8-9H2,(H,16,17);1H. The van der Waals surface area contributed by atoms with E-state index < -0.39 is 5.97 Å². The van der Waals surface area contributed by atoms with Gasteiger partial charge in [0.25, 0.3) is 0 Å². The third kappa shape index (κ3) is 3.87. The molecule has 2 rings (SSSR count).